The van der Waals surface area contributed by atoms with Gasteiger partial charge in [-0.1, -0.05) is 28.1 Å². The maximum atomic E-state index is 12.1. The highest BCUT2D eigenvalue weighted by Gasteiger charge is 2.16. The molecule has 2 N–H and O–H groups in total. The first-order valence-corrected chi connectivity index (χ1v) is 8.94. The minimum atomic E-state index is -0.777. The second kappa shape index (κ2) is 9.82. The van der Waals surface area contributed by atoms with E-state index in [-0.39, 0.29) is 12.3 Å². The molecule has 2 aromatic carbocycles. The maximum absolute atomic E-state index is 12.1. The fourth-order valence-electron chi connectivity index (χ4n) is 2.25. The number of halogens is 1. The molecule has 0 spiro atoms. The highest BCUT2D eigenvalue weighted by Crippen LogP contribution is 2.27. The van der Waals surface area contributed by atoms with Gasteiger partial charge in [-0.05, 0) is 42.8 Å². The molecule has 0 radical (unpaired) electrons. The Morgan fingerprint density at radius 2 is 1.78 bits per heavy atom. The molecule has 8 heteroatoms. The van der Waals surface area contributed by atoms with E-state index in [4.69, 9.17) is 14.2 Å². The third kappa shape index (κ3) is 6.18. The van der Waals surface area contributed by atoms with Crippen molar-refractivity contribution >= 4 is 27.7 Å². The zero-order valence-corrected chi connectivity index (χ0v) is 16.8. The summed E-state index contributed by atoms with van der Waals surface area (Å²) in [5.41, 5.74) is 5.45. The van der Waals surface area contributed by atoms with Crippen LogP contribution in [0, 0.1) is 0 Å². The summed E-state index contributed by atoms with van der Waals surface area (Å²) in [6.45, 7) is 1.59. The number of methoxy groups -OCH3 is 2. The number of carbonyl (C=O) groups is 2. The van der Waals surface area contributed by atoms with Crippen LogP contribution in [0.15, 0.2) is 46.9 Å². The zero-order chi connectivity index (χ0) is 19.8. The predicted molar refractivity (Wildman–Crippen MR) is 104 cm³/mol. The Kier molecular flexibility index (Phi) is 7.48. The molecule has 0 fully saturated rings. The molecule has 0 saturated carbocycles. The van der Waals surface area contributed by atoms with Gasteiger partial charge < -0.3 is 14.2 Å². The number of hydrazine groups is 1. The minimum Gasteiger partial charge on any atom is -0.493 e. The molecular weight excluding hydrogens is 416 g/mol. The van der Waals surface area contributed by atoms with Gasteiger partial charge in [0, 0.05) is 4.47 Å². The number of benzene rings is 2. The lowest BCUT2D eigenvalue weighted by atomic mass is 10.1. The van der Waals surface area contributed by atoms with Gasteiger partial charge in [0.15, 0.2) is 17.6 Å². The van der Waals surface area contributed by atoms with Crippen molar-refractivity contribution in [2.24, 2.45) is 0 Å². The van der Waals surface area contributed by atoms with Crippen LogP contribution in [0.2, 0.25) is 0 Å². The molecule has 2 rings (SSSR count). The Balaban J connectivity index is 1.84. The van der Waals surface area contributed by atoms with E-state index in [1.54, 1.807) is 43.3 Å². The summed E-state index contributed by atoms with van der Waals surface area (Å²) in [6.07, 6.45) is -0.706. The number of ether oxygens (including phenoxy) is 3. The van der Waals surface area contributed by atoms with Crippen molar-refractivity contribution < 1.29 is 23.8 Å². The van der Waals surface area contributed by atoms with E-state index in [0.717, 1.165) is 10.0 Å². The summed E-state index contributed by atoms with van der Waals surface area (Å²) in [4.78, 5) is 24.1. The average Bonchev–Trinajstić information content (AvgIpc) is 2.65. The molecule has 0 aliphatic rings. The summed E-state index contributed by atoms with van der Waals surface area (Å²) in [5.74, 6) is 0.820. The van der Waals surface area contributed by atoms with Crippen molar-refractivity contribution in [2.45, 2.75) is 19.4 Å². The molecule has 2 aromatic rings. The molecule has 144 valence electrons. The highest BCUT2D eigenvalue weighted by molar-refractivity contribution is 9.10. The van der Waals surface area contributed by atoms with E-state index in [1.165, 1.54) is 14.2 Å². The van der Waals surface area contributed by atoms with Crippen LogP contribution in [0.25, 0.3) is 0 Å². The molecule has 0 aliphatic carbocycles. The lowest BCUT2D eigenvalue weighted by Gasteiger charge is -2.15. The molecule has 0 bridgehead atoms. The molecule has 0 aliphatic heterocycles. The second-order valence-corrected chi connectivity index (χ2v) is 6.54. The zero-order valence-electron chi connectivity index (χ0n) is 15.2. The van der Waals surface area contributed by atoms with Gasteiger partial charge in [-0.2, -0.15) is 0 Å². The number of carbonyl (C=O) groups excluding carboxylic acids is 2. The number of hydrogen-bond acceptors (Lipinski definition) is 5. The van der Waals surface area contributed by atoms with Crippen LogP contribution in [0.4, 0.5) is 0 Å². The van der Waals surface area contributed by atoms with Gasteiger partial charge in [0.1, 0.15) is 5.75 Å². The Bertz CT molecular complexity index is 812. The molecule has 2 amide bonds. The molecule has 0 saturated heterocycles. The molecule has 1 atom stereocenters. The van der Waals surface area contributed by atoms with Crippen LogP contribution >= 0.6 is 15.9 Å². The van der Waals surface area contributed by atoms with Crippen LogP contribution in [-0.2, 0) is 16.0 Å². The lowest BCUT2D eigenvalue weighted by Crippen LogP contribution is -2.47. The highest BCUT2D eigenvalue weighted by atomic mass is 79.9. The average molecular weight is 437 g/mol. The van der Waals surface area contributed by atoms with Gasteiger partial charge in [-0.3, -0.25) is 20.4 Å². The van der Waals surface area contributed by atoms with Crippen LogP contribution in [-0.4, -0.2) is 32.1 Å². The van der Waals surface area contributed by atoms with Crippen molar-refractivity contribution in [3.8, 4) is 17.2 Å². The van der Waals surface area contributed by atoms with Crippen LogP contribution < -0.4 is 25.1 Å². The maximum Gasteiger partial charge on any atom is 0.279 e. The Morgan fingerprint density at radius 3 is 2.44 bits per heavy atom. The van der Waals surface area contributed by atoms with Crippen molar-refractivity contribution in [3.05, 3.63) is 52.5 Å². The van der Waals surface area contributed by atoms with E-state index < -0.39 is 12.0 Å². The Morgan fingerprint density at radius 1 is 1.04 bits per heavy atom. The molecule has 27 heavy (non-hydrogen) atoms. The summed E-state index contributed by atoms with van der Waals surface area (Å²) in [5, 5.41) is 0. The van der Waals surface area contributed by atoms with Gasteiger partial charge in [-0.25, -0.2) is 0 Å². The summed E-state index contributed by atoms with van der Waals surface area (Å²) in [7, 11) is 3.06. The topological polar surface area (TPSA) is 85.9 Å². The van der Waals surface area contributed by atoms with Gasteiger partial charge in [0.05, 0.1) is 20.6 Å². The first-order valence-electron chi connectivity index (χ1n) is 8.14. The third-order valence-corrected chi connectivity index (χ3v) is 4.11. The monoisotopic (exact) mass is 436 g/mol. The molecular formula is C19H21BrN2O5. The van der Waals surface area contributed by atoms with Gasteiger partial charge in [0.25, 0.3) is 5.91 Å². The molecule has 1 unspecified atom stereocenters. The van der Waals surface area contributed by atoms with Crippen LogP contribution in [0.5, 0.6) is 17.2 Å². The normalized spacial score (nSPS) is 11.3. The number of nitrogens with one attached hydrogen (secondary N) is 2. The standard InChI is InChI=1S/C19H21BrN2O5/c1-12(27-15-6-4-5-14(20)11-15)19(24)22-21-18(23)10-13-7-8-16(25-2)17(9-13)26-3/h4-9,11-12H,10H2,1-3H3,(H,21,23)(H,22,24). The van der Waals surface area contributed by atoms with Gasteiger partial charge >= 0.3 is 0 Å². The van der Waals surface area contributed by atoms with Gasteiger partial charge in [0.2, 0.25) is 5.91 Å². The first-order chi connectivity index (χ1) is 12.9. The quantitative estimate of drug-likeness (QED) is 0.651. The number of hydrogen-bond donors (Lipinski definition) is 2. The largest absolute Gasteiger partial charge is 0.493 e. The van der Waals surface area contributed by atoms with Crippen molar-refractivity contribution in [2.75, 3.05) is 14.2 Å². The fraction of sp³-hybridized carbons (Fsp3) is 0.263. The number of amides is 2. The van der Waals surface area contributed by atoms with Crippen molar-refractivity contribution in [1.29, 1.82) is 0 Å². The summed E-state index contributed by atoms with van der Waals surface area (Å²) < 4.78 is 16.7. The van der Waals surface area contributed by atoms with Crippen LogP contribution in [0.3, 0.4) is 0 Å². The Labute approximate surface area is 166 Å². The SMILES string of the molecule is COc1ccc(CC(=O)NNC(=O)C(C)Oc2cccc(Br)c2)cc1OC. The predicted octanol–water partition coefficient (Wildman–Crippen LogP) is 2.62. The van der Waals surface area contributed by atoms with E-state index in [9.17, 15) is 9.59 Å². The van der Waals surface area contributed by atoms with E-state index >= 15 is 0 Å². The Hall–Kier alpha value is -2.74. The van der Waals surface area contributed by atoms with Crippen molar-refractivity contribution in [1.82, 2.24) is 10.9 Å². The van der Waals surface area contributed by atoms with Crippen LogP contribution in [0.1, 0.15) is 12.5 Å². The molecule has 0 heterocycles. The van der Waals surface area contributed by atoms with E-state index in [2.05, 4.69) is 26.8 Å². The number of rotatable bonds is 7. The van der Waals surface area contributed by atoms with Gasteiger partial charge in [-0.15, -0.1) is 0 Å². The molecule has 0 aromatic heterocycles. The smallest absolute Gasteiger partial charge is 0.279 e. The van der Waals surface area contributed by atoms with E-state index in [0.29, 0.717) is 17.2 Å². The van der Waals surface area contributed by atoms with E-state index in [1.807, 2.05) is 6.07 Å². The van der Waals surface area contributed by atoms with Crippen molar-refractivity contribution in [3.63, 3.8) is 0 Å². The third-order valence-electron chi connectivity index (χ3n) is 3.62. The summed E-state index contributed by atoms with van der Waals surface area (Å²) in [6, 6.07) is 12.3. The second-order valence-electron chi connectivity index (χ2n) is 5.62. The molecule has 7 nitrogen and oxygen atoms in total. The lowest BCUT2D eigenvalue weighted by molar-refractivity contribution is -0.132. The minimum absolute atomic E-state index is 0.0709. The first kappa shape index (κ1) is 20.6. The summed E-state index contributed by atoms with van der Waals surface area (Å²) >= 11 is 3.34. The fourth-order valence-corrected chi connectivity index (χ4v) is 2.63.